The molecule has 2 amide bonds. The zero-order valence-corrected chi connectivity index (χ0v) is 20.6. The predicted molar refractivity (Wildman–Crippen MR) is 137 cm³/mol. The van der Waals surface area contributed by atoms with Crippen LogP contribution in [-0.4, -0.2) is 43.7 Å². The van der Waals surface area contributed by atoms with Crippen molar-refractivity contribution in [3.05, 3.63) is 54.1 Å². The summed E-state index contributed by atoms with van der Waals surface area (Å²) in [4.78, 5) is 26.1. The Labute approximate surface area is 208 Å². The van der Waals surface area contributed by atoms with Gasteiger partial charge in [-0.25, -0.2) is 0 Å². The van der Waals surface area contributed by atoms with Gasteiger partial charge in [-0.05, 0) is 87.1 Å². The molecule has 2 aromatic carbocycles. The average molecular weight is 480 g/mol. The highest BCUT2D eigenvalue weighted by Gasteiger charge is 2.40. The number of anilines is 1. The highest BCUT2D eigenvalue weighted by molar-refractivity contribution is 5.99. The van der Waals surface area contributed by atoms with Gasteiger partial charge in [-0.1, -0.05) is 19.3 Å². The Morgan fingerprint density at radius 1 is 0.857 bits per heavy atom. The summed E-state index contributed by atoms with van der Waals surface area (Å²) in [5.41, 5.74) is 0.637. The third-order valence-electron chi connectivity index (χ3n) is 7.05. The first kappa shape index (κ1) is 24.9. The number of methoxy groups -OCH3 is 1. The minimum Gasteiger partial charge on any atom is -0.497 e. The number of rotatable bonds is 10. The maximum absolute atomic E-state index is 13.2. The smallest absolute Gasteiger partial charge is 0.252 e. The van der Waals surface area contributed by atoms with Crippen molar-refractivity contribution in [2.75, 3.05) is 25.5 Å². The van der Waals surface area contributed by atoms with Crippen LogP contribution >= 0.6 is 0 Å². The van der Waals surface area contributed by atoms with Crippen molar-refractivity contribution in [3.63, 3.8) is 0 Å². The third kappa shape index (κ3) is 6.68. The van der Waals surface area contributed by atoms with Crippen molar-refractivity contribution < 1.29 is 19.1 Å². The minimum absolute atomic E-state index is 0.110. The maximum Gasteiger partial charge on any atom is 0.252 e. The van der Waals surface area contributed by atoms with Crippen LogP contribution in [0.3, 0.4) is 0 Å². The van der Waals surface area contributed by atoms with Crippen molar-refractivity contribution >= 4 is 17.5 Å². The molecule has 0 aliphatic heterocycles. The van der Waals surface area contributed by atoms with E-state index in [1.54, 1.807) is 31.4 Å². The lowest BCUT2D eigenvalue weighted by Gasteiger charge is -2.36. The molecule has 188 valence electrons. The van der Waals surface area contributed by atoms with Gasteiger partial charge in [-0.3, -0.25) is 9.59 Å². The molecule has 2 aromatic rings. The molecule has 0 atom stereocenters. The van der Waals surface area contributed by atoms with Crippen molar-refractivity contribution in [1.29, 1.82) is 0 Å². The summed E-state index contributed by atoms with van der Waals surface area (Å²) < 4.78 is 11.2. The van der Waals surface area contributed by atoms with Crippen LogP contribution in [0.4, 0.5) is 5.69 Å². The number of benzene rings is 2. The van der Waals surface area contributed by atoms with Gasteiger partial charge >= 0.3 is 0 Å². The molecule has 2 aliphatic rings. The molecule has 2 aliphatic carbocycles. The second kappa shape index (κ2) is 12.0. The van der Waals surface area contributed by atoms with Gasteiger partial charge in [0.2, 0.25) is 5.91 Å². The van der Waals surface area contributed by atoms with E-state index < -0.39 is 5.54 Å². The van der Waals surface area contributed by atoms with E-state index in [-0.39, 0.29) is 11.8 Å². The summed E-state index contributed by atoms with van der Waals surface area (Å²) in [6, 6.07) is 14.9. The average Bonchev–Trinajstić information content (AvgIpc) is 3.41. The highest BCUT2D eigenvalue weighted by Crippen LogP contribution is 2.29. The molecule has 4 rings (SSSR count). The fourth-order valence-electron chi connectivity index (χ4n) is 5.00. The van der Waals surface area contributed by atoms with Crippen molar-refractivity contribution in [3.8, 4) is 11.5 Å². The first-order valence-corrected chi connectivity index (χ1v) is 12.8. The summed E-state index contributed by atoms with van der Waals surface area (Å²) in [6.07, 6.45) is 9.35. The number of amides is 2. The Hall–Kier alpha value is -3.22. The Kier molecular flexibility index (Phi) is 8.50. The van der Waals surface area contributed by atoms with Gasteiger partial charge in [-0.15, -0.1) is 0 Å². The molecule has 3 N–H and O–H groups in total. The van der Waals surface area contributed by atoms with Gasteiger partial charge in [0.05, 0.1) is 13.2 Å². The molecule has 0 unspecified atom stereocenters. The van der Waals surface area contributed by atoms with Gasteiger partial charge in [0, 0.05) is 24.3 Å². The van der Waals surface area contributed by atoms with Crippen LogP contribution in [0.1, 0.15) is 68.1 Å². The summed E-state index contributed by atoms with van der Waals surface area (Å²) in [7, 11) is 1.59. The zero-order valence-electron chi connectivity index (χ0n) is 20.6. The number of hydrogen-bond donors (Lipinski definition) is 3. The van der Waals surface area contributed by atoms with E-state index in [9.17, 15) is 9.59 Å². The largest absolute Gasteiger partial charge is 0.497 e. The molecule has 0 saturated heterocycles. The normalized spacial score (nSPS) is 17.4. The molecule has 0 bridgehead atoms. The highest BCUT2D eigenvalue weighted by atomic mass is 16.5. The maximum atomic E-state index is 13.2. The molecule has 35 heavy (non-hydrogen) atoms. The lowest BCUT2D eigenvalue weighted by Crippen LogP contribution is -2.60. The molecule has 0 aromatic heterocycles. The van der Waals surface area contributed by atoms with Crippen LogP contribution < -0.4 is 25.4 Å². The molecule has 7 heteroatoms. The Balaban J connectivity index is 1.26. The number of hydrogen-bond acceptors (Lipinski definition) is 5. The summed E-state index contributed by atoms with van der Waals surface area (Å²) in [5.74, 6) is 1.25. The zero-order chi connectivity index (χ0) is 24.5. The summed E-state index contributed by atoms with van der Waals surface area (Å²) in [6.45, 7) is 1.07. The van der Waals surface area contributed by atoms with E-state index in [2.05, 4.69) is 16.0 Å². The van der Waals surface area contributed by atoms with Crippen LogP contribution in [0.15, 0.2) is 48.5 Å². The molecule has 0 heterocycles. The first-order valence-electron chi connectivity index (χ1n) is 12.8. The lowest BCUT2D eigenvalue weighted by atomic mass is 9.80. The monoisotopic (exact) mass is 479 g/mol. The van der Waals surface area contributed by atoms with Crippen LogP contribution in [0.2, 0.25) is 0 Å². The molecule has 7 nitrogen and oxygen atoms in total. The van der Waals surface area contributed by atoms with Gasteiger partial charge in [0.15, 0.2) is 0 Å². The van der Waals surface area contributed by atoms with Crippen molar-refractivity contribution in [2.45, 2.75) is 69.4 Å². The van der Waals surface area contributed by atoms with Gasteiger partial charge in [0.1, 0.15) is 17.0 Å². The number of carbonyl (C=O) groups excluding carboxylic acids is 2. The van der Waals surface area contributed by atoms with Crippen LogP contribution in [0.5, 0.6) is 11.5 Å². The Bertz CT molecular complexity index is 963. The number of carbonyl (C=O) groups is 2. The van der Waals surface area contributed by atoms with E-state index in [4.69, 9.17) is 9.47 Å². The summed E-state index contributed by atoms with van der Waals surface area (Å²) in [5, 5.41) is 9.44. The number of nitrogens with one attached hydrogen (secondary N) is 3. The topological polar surface area (TPSA) is 88.7 Å². The second-order valence-electron chi connectivity index (χ2n) is 9.56. The van der Waals surface area contributed by atoms with Crippen LogP contribution in [0.25, 0.3) is 0 Å². The van der Waals surface area contributed by atoms with Crippen LogP contribution in [0, 0.1) is 0 Å². The van der Waals surface area contributed by atoms with E-state index in [0.29, 0.717) is 43.3 Å². The fraction of sp³-hybridized carbons (Fsp3) is 0.500. The van der Waals surface area contributed by atoms with E-state index >= 15 is 0 Å². The third-order valence-corrected chi connectivity index (χ3v) is 7.05. The quantitative estimate of drug-likeness (QED) is 0.431. The predicted octanol–water partition coefficient (Wildman–Crippen LogP) is 4.68. The van der Waals surface area contributed by atoms with E-state index in [0.717, 1.165) is 43.5 Å². The van der Waals surface area contributed by atoms with Crippen LogP contribution in [-0.2, 0) is 4.79 Å². The van der Waals surface area contributed by atoms with Crippen molar-refractivity contribution in [1.82, 2.24) is 10.6 Å². The molecule has 2 saturated carbocycles. The van der Waals surface area contributed by atoms with Crippen molar-refractivity contribution in [2.24, 2.45) is 0 Å². The SMILES string of the molecule is COc1ccc(C(=O)NC2(C(=O)NCCNc3ccc(OC4CCCC4)cc3)CCCCC2)cc1. The molecular formula is C28H37N3O4. The standard InChI is InChI=1S/C28H37N3O4/c1-34-23-13-9-21(10-14-23)26(32)31-28(17-5-2-6-18-28)27(33)30-20-19-29-22-11-15-25(16-12-22)35-24-7-3-4-8-24/h9-16,24,29H,2-8,17-20H2,1H3,(H,30,33)(H,31,32). The Morgan fingerprint density at radius 3 is 2.17 bits per heavy atom. The molecule has 2 fully saturated rings. The first-order chi connectivity index (χ1) is 17.1. The van der Waals surface area contributed by atoms with E-state index in [1.165, 1.54) is 12.8 Å². The second-order valence-corrected chi connectivity index (χ2v) is 9.56. The number of ether oxygens (including phenoxy) is 2. The van der Waals surface area contributed by atoms with E-state index in [1.807, 2.05) is 24.3 Å². The van der Waals surface area contributed by atoms with Gasteiger partial charge in [0.25, 0.3) is 5.91 Å². The van der Waals surface area contributed by atoms with Gasteiger partial charge in [-0.2, -0.15) is 0 Å². The summed E-state index contributed by atoms with van der Waals surface area (Å²) >= 11 is 0. The fourth-order valence-corrected chi connectivity index (χ4v) is 5.00. The molecular weight excluding hydrogens is 442 g/mol. The Morgan fingerprint density at radius 2 is 1.51 bits per heavy atom. The molecule has 0 radical (unpaired) electrons. The lowest BCUT2D eigenvalue weighted by molar-refractivity contribution is -0.128. The molecule has 0 spiro atoms. The minimum atomic E-state index is -0.867. The van der Waals surface area contributed by atoms with Gasteiger partial charge < -0.3 is 25.4 Å².